The molecular weight excluding hydrogens is 662 g/mol. The minimum Gasteiger partial charge on any atom is -0.492 e. The first-order chi connectivity index (χ1) is 21.1. The van der Waals surface area contributed by atoms with Gasteiger partial charge in [0.15, 0.2) is 0 Å². The fourth-order valence-electron chi connectivity index (χ4n) is 5.27. The summed E-state index contributed by atoms with van der Waals surface area (Å²) >= 11 is 4.95. The molecule has 0 bridgehead atoms. The van der Waals surface area contributed by atoms with Crippen molar-refractivity contribution in [1.29, 1.82) is 0 Å². The third-order valence-corrected chi connectivity index (χ3v) is 10.8. The number of amides is 2. The van der Waals surface area contributed by atoms with Crippen molar-refractivity contribution in [2.75, 3.05) is 23.7 Å². The molecule has 0 aliphatic heterocycles. The van der Waals surface area contributed by atoms with Crippen LogP contribution >= 0.6 is 27.7 Å². The lowest BCUT2D eigenvalue weighted by atomic mass is 9.95. The summed E-state index contributed by atoms with van der Waals surface area (Å²) in [5.41, 5.74) is 1.06. The Balaban J connectivity index is 1.71. The van der Waals surface area contributed by atoms with Crippen LogP contribution < -0.4 is 14.4 Å². The first kappa shape index (κ1) is 33.9. The number of ether oxygens (including phenoxy) is 1. The average molecular weight is 703 g/mol. The van der Waals surface area contributed by atoms with Gasteiger partial charge >= 0.3 is 0 Å². The Morgan fingerprint density at radius 1 is 1.00 bits per heavy atom. The van der Waals surface area contributed by atoms with Gasteiger partial charge in [-0.2, -0.15) is 0 Å². The smallest absolute Gasteiger partial charge is 0.264 e. The molecule has 8 nitrogen and oxygen atoms in total. The Bertz CT molecular complexity index is 1510. The fourth-order valence-corrected chi connectivity index (χ4v) is 7.36. The van der Waals surface area contributed by atoms with Gasteiger partial charge in [-0.25, -0.2) is 8.42 Å². The van der Waals surface area contributed by atoms with Crippen LogP contribution in [0.4, 0.5) is 5.69 Å². The zero-order valence-electron chi connectivity index (χ0n) is 25.4. The van der Waals surface area contributed by atoms with Gasteiger partial charge in [0.05, 0.1) is 17.2 Å². The van der Waals surface area contributed by atoms with Crippen molar-refractivity contribution in [1.82, 2.24) is 10.2 Å². The number of halogens is 1. The van der Waals surface area contributed by atoms with E-state index in [1.165, 1.54) is 16.7 Å². The zero-order valence-corrected chi connectivity index (χ0v) is 28.6. The van der Waals surface area contributed by atoms with E-state index in [2.05, 4.69) is 21.2 Å². The largest absolute Gasteiger partial charge is 0.492 e. The third-order valence-electron chi connectivity index (χ3n) is 7.75. The van der Waals surface area contributed by atoms with Crippen LogP contribution in [-0.4, -0.2) is 56.6 Å². The Morgan fingerprint density at radius 2 is 1.66 bits per heavy atom. The first-order valence-corrected chi connectivity index (χ1v) is 18.3. The number of benzene rings is 3. The summed E-state index contributed by atoms with van der Waals surface area (Å²) in [6.07, 6.45) is 7.01. The summed E-state index contributed by atoms with van der Waals surface area (Å²) in [7, 11) is -4.21. The molecule has 11 heteroatoms. The molecule has 1 fully saturated rings. The molecule has 1 atom stereocenters. The van der Waals surface area contributed by atoms with Crippen molar-refractivity contribution in [2.45, 2.75) is 74.4 Å². The Hall–Kier alpha value is -3.02. The molecule has 0 spiro atoms. The zero-order chi connectivity index (χ0) is 31.7. The minimum atomic E-state index is -4.21. The van der Waals surface area contributed by atoms with Gasteiger partial charge in [-0.3, -0.25) is 13.9 Å². The Kier molecular flexibility index (Phi) is 12.2. The average Bonchev–Trinajstić information content (AvgIpc) is 3.04. The second-order valence-corrected chi connectivity index (χ2v) is 14.4. The van der Waals surface area contributed by atoms with Crippen LogP contribution in [0.3, 0.4) is 0 Å². The summed E-state index contributed by atoms with van der Waals surface area (Å²) in [4.78, 5) is 30.2. The summed E-state index contributed by atoms with van der Waals surface area (Å²) in [5, 5.41) is 3.13. The van der Waals surface area contributed by atoms with Crippen molar-refractivity contribution < 1.29 is 22.7 Å². The van der Waals surface area contributed by atoms with E-state index >= 15 is 0 Å². The summed E-state index contributed by atoms with van der Waals surface area (Å²) < 4.78 is 36.2. The van der Waals surface area contributed by atoms with Gasteiger partial charge in [0.2, 0.25) is 11.8 Å². The molecule has 1 aliphatic rings. The maximum atomic E-state index is 14.3. The number of para-hydroxylation sites is 2. The Labute approximate surface area is 273 Å². The van der Waals surface area contributed by atoms with Gasteiger partial charge in [-0.05, 0) is 87.0 Å². The maximum absolute atomic E-state index is 14.3. The number of sulfonamides is 1. The fraction of sp³-hybridized carbons (Fsp3) is 0.394. The van der Waals surface area contributed by atoms with Crippen LogP contribution in [0, 0.1) is 0 Å². The van der Waals surface area contributed by atoms with E-state index < -0.39 is 28.5 Å². The molecule has 44 heavy (non-hydrogen) atoms. The lowest BCUT2D eigenvalue weighted by molar-refractivity contribution is -0.139. The molecule has 0 radical (unpaired) electrons. The van der Waals surface area contributed by atoms with Crippen LogP contribution in [0.15, 0.2) is 87.1 Å². The molecular formula is C33H40BrN3O5S2. The molecule has 0 unspecified atom stereocenters. The molecule has 0 saturated heterocycles. The lowest BCUT2D eigenvalue weighted by Crippen LogP contribution is -2.53. The predicted octanol–water partition coefficient (Wildman–Crippen LogP) is 6.63. The first-order valence-electron chi connectivity index (χ1n) is 14.9. The number of hydrogen-bond donors (Lipinski definition) is 1. The van der Waals surface area contributed by atoms with E-state index in [4.69, 9.17) is 4.74 Å². The maximum Gasteiger partial charge on any atom is 0.264 e. The Morgan fingerprint density at radius 3 is 2.30 bits per heavy atom. The second-order valence-electron chi connectivity index (χ2n) is 10.8. The number of nitrogens with one attached hydrogen (secondary N) is 1. The van der Waals surface area contributed by atoms with Crippen LogP contribution in [-0.2, 0) is 26.2 Å². The van der Waals surface area contributed by atoms with Gasteiger partial charge in [0.1, 0.15) is 18.3 Å². The predicted molar refractivity (Wildman–Crippen MR) is 180 cm³/mol. The highest BCUT2D eigenvalue weighted by Crippen LogP contribution is 2.33. The SMILES string of the molecule is CCOc1ccccc1N(CC(=O)N(Cc1ccc(Br)cc1)[C@H](C)C(=O)NC1CCCCC1)S(=O)(=O)c1ccc(SC)cc1. The van der Waals surface area contributed by atoms with Crippen LogP contribution in [0.1, 0.15) is 51.5 Å². The van der Waals surface area contributed by atoms with Crippen LogP contribution in [0.25, 0.3) is 0 Å². The van der Waals surface area contributed by atoms with Gasteiger partial charge < -0.3 is 15.0 Å². The van der Waals surface area contributed by atoms with Crippen molar-refractivity contribution in [3.05, 3.63) is 82.8 Å². The molecule has 3 aromatic carbocycles. The normalized spacial score (nSPS) is 14.5. The van der Waals surface area contributed by atoms with E-state index in [1.54, 1.807) is 55.5 Å². The highest BCUT2D eigenvalue weighted by atomic mass is 79.9. The van der Waals surface area contributed by atoms with E-state index in [1.807, 2.05) is 37.4 Å². The van der Waals surface area contributed by atoms with Gasteiger partial charge in [-0.1, -0.05) is 59.5 Å². The summed E-state index contributed by atoms with van der Waals surface area (Å²) in [6.45, 7) is 3.44. The van der Waals surface area contributed by atoms with Crippen molar-refractivity contribution in [3.63, 3.8) is 0 Å². The number of thioether (sulfide) groups is 1. The summed E-state index contributed by atoms with van der Waals surface area (Å²) in [6, 6.07) is 20.1. The van der Waals surface area contributed by atoms with Gasteiger partial charge in [0, 0.05) is 22.0 Å². The molecule has 1 saturated carbocycles. The highest BCUT2D eigenvalue weighted by Gasteiger charge is 2.34. The van der Waals surface area contributed by atoms with Crippen LogP contribution in [0.2, 0.25) is 0 Å². The molecule has 0 heterocycles. The lowest BCUT2D eigenvalue weighted by Gasteiger charge is -2.33. The number of hydrogen-bond acceptors (Lipinski definition) is 6. The third kappa shape index (κ3) is 8.57. The van der Waals surface area contributed by atoms with Gasteiger partial charge in [0.25, 0.3) is 10.0 Å². The molecule has 3 aromatic rings. The van der Waals surface area contributed by atoms with E-state index in [-0.39, 0.29) is 29.1 Å². The number of carbonyl (C=O) groups excluding carboxylic acids is 2. The molecule has 2 amide bonds. The highest BCUT2D eigenvalue weighted by molar-refractivity contribution is 9.10. The van der Waals surface area contributed by atoms with Crippen molar-refractivity contribution >= 4 is 55.2 Å². The van der Waals surface area contributed by atoms with Gasteiger partial charge in [-0.15, -0.1) is 11.8 Å². The molecule has 0 aromatic heterocycles. The topological polar surface area (TPSA) is 96.0 Å². The molecule has 1 aliphatic carbocycles. The number of nitrogens with zero attached hydrogens (tertiary/aromatic N) is 2. The quantitative estimate of drug-likeness (QED) is 0.201. The number of anilines is 1. The standard InChI is InChI=1S/C33H40BrN3O5S2/c1-4-42-31-13-9-8-12-30(31)37(44(40,41)29-20-18-28(43-3)19-21-29)23-32(38)36(22-25-14-16-26(34)17-15-25)24(2)33(39)35-27-10-6-5-7-11-27/h8-9,12-21,24,27H,4-7,10-11,22-23H2,1-3H3,(H,35,39)/t24-/m1/s1. The van der Waals surface area contributed by atoms with E-state index in [9.17, 15) is 18.0 Å². The minimum absolute atomic E-state index is 0.0527. The molecule has 1 N–H and O–H groups in total. The van der Waals surface area contributed by atoms with Crippen molar-refractivity contribution in [3.8, 4) is 5.75 Å². The van der Waals surface area contributed by atoms with E-state index in [0.717, 1.165) is 51.3 Å². The molecule has 236 valence electrons. The van der Waals surface area contributed by atoms with Crippen LogP contribution in [0.5, 0.6) is 5.75 Å². The second kappa shape index (κ2) is 15.8. The van der Waals surface area contributed by atoms with Crippen molar-refractivity contribution in [2.24, 2.45) is 0 Å². The number of rotatable bonds is 13. The number of carbonyl (C=O) groups is 2. The summed E-state index contributed by atoms with van der Waals surface area (Å²) in [5.74, 6) is -0.413. The van der Waals surface area contributed by atoms with E-state index in [0.29, 0.717) is 12.4 Å². The monoisotopic (exact) mass is 701 g/mol. The molecule has 4 rings (SSSR count).